The number of anilines is 1. The van der Waals surface area contributed by atoms with Crippen LogP contribution < -0.4 is 15.4 Å². The van der Waals surface area contributed by atoms with Gasteiger partial charge in [-0.2, -0.15) is 5.10 Å². The first-order chi connectivity index (χ1) is 13.2. The lowest BCUT2D eigenvalue weighted by atomic mass is 10.1. The molecule has 5 rings (SSSR count). The molecule has 1 saturated heterocycles. The highest BCUT2D eigenvalue weighted by molar-refractivity contribution is 5.93. The van der Waals surface area contributed by atoms with Crippen molar-refractivity contribution in [2.24, 2.45) is 5.92 Å². The number of fused-ring (bicyclic) bond motifs is 1. The molecule has 4 heterocycles. The van der Waals surface area contributed by atoms with Crippen LogP contribution >= 0.6 is 0 Å². The number of pyridine rings is 1. The molecule has 8 nitrogen and oxygen atoms in total. The summed E-state index contributed by atoms with van der Waals surface area (Å²) in [7, 11) is 0. The topological polar surface area (TPSA) is 93.7 Å². The maximum absolute atomic E-state index is 12.0. The number of carbonyl (C=O) groups is 1. The maximum Gasteiger partial charge on any atom is 0.262 e. The smallest absolute Gasteiger partial charge is 0.262 e. The molecule has 8 heteroatoms. The Hall–Kier alpha value is -2.87. The van der Waals surface area contributed by atoms with Gasteiger partial charge in [-0.3, -0.25) is 4.79 Å². The number of hydrogen-bond acceptors (Lipinski definition) is 6. The molecule has 1 atom stereocenters. The van der Waals surface area contributed by atoms with Crippen molar-refractivity contribution in [3.63, 3.8) is 0 Å². The SMILES string of the molecule is Cc1onc(O[C@@H]2CCNC2)c1-c1ccn2nc(NC(=O)C3CC3)cc2c1. The number of carbonyl (C=O) groups excluding carboxylic acids is 1. The zero-order valence-corrected chi connectivity index (χ0v) is 15.1. The Morgan fingerprint density at radius 3 is 3.04 bits per heavy atom. The third-order valence-corrected chi connectivity index (χ3v) is 5.08. The van der Waals surface area contributed by atoms with E-state index in [1.807, 2.05) is 31.3 Å². The molecule has 3 aromatic rings. The second kappa shape index (κ2) is 6.38. The summed E-state index contributed by atoms with van der Waals surface area (Å²) in [6.45, 7) is 3.65. The van der Waals surface area contributed by atoms with E-state index in [9.17, 15) is 4.79 Å². The quantitative estimate of drug-likeness (QED) is 0.719. The van der Waals surface area contributed by atoms with E-state index in [0.717, 1.165) is 49.0 Å². The molecule has 1 aliphatic carbocycles. The Balaban J connectivity index is 1.44. The van der Waals surface area contributed by atoms with E-state index in [-0.39, 0.29) is 17.9 Å². The second-order valence-corrected chi connectivity index (χ2v) is 7.23. The summed E-state index contributed by atoms with van der Waals surface area (Å²) in [4.78, 5) is 12.0. The molecule has 0 aromatic carbocycles. The number of aromatic nitrogens is 3. The van der Waals surface area contributed by atoms with E-state index in [0.29, 0.717) is 17.5 Å². The van der Waals surface area contributed by atoms with Crippen molar-refractivity contribution in [3.8, 4) is 17.0 Å². The first-order valence-corrected chi connectivity index (χ1v) is 9.32. The molecule has 3 aromatic heterocycles. The molecule has 0 bridgehead atoms. The van der Waals surface area contributed by atoms with E-state index >= 15 is 0 Å². The first-order valence-electron chi connectivity index (χ1n) is 9.32. The number of nitrogens with zero attached hydrogens (tertiary/aromatic N) is 3. The lowest BCUT2D eigenvalue weighted by Gasteiger charge is -2.11. The molecule has 2 aliphatic rings. The van der Waals surface area contributed by atoms with E-state index in [1.165, 1.54) is 0 Å². The van der Waals surface area contributed by atoms with Crippen LogP contribution in [0.5, 0.6) is 5.88 Å². The molecule has 2 fully saturated rings. The van der Waals surface area contributed by atoms with Crippen LogP contribution in [-0.2, 0) is 4.79 Å². The van der Waals surface area contributed by atoms with Crippen molar-refractivity contribution < 1.29 is 14.1 Å². The van der Waals surface area contributed by atoms with E-state index in [1.54, 1.807) is 4.52 Å². The fraction of sp³-hybridized carbons (Fsp3) is 0.421. The van der Waals surface area contributed by atoms with Crippen LogP contribution in [-0.4, -0.2) is 39.9 Å². The van der Waals surface area contributed by atoms with Gasteiger partial charge in [-0.05, 0) is 55.6 Å². The number of amides is 1. The lowest BCUT2D eigenvalue weighted by molar-refractivity contribution is -0.117. The van der Waals surface area contributed by atoms with E-state index in [4.69, 9.17) is 9.26 Å². The van der Waals surface area contributed by atoms with Gasteiger partial charge in [0, 0.05) is 24.7 Å². The minimum absolute atomic E-state index is 0.0503. The number of ether oxygens (including phenoxy) is 1. The number of aryl methyl sites for hydroxylation is 1. The van der Waals surface area contributed by atoms with Gasteiger partial charge in [0.1, 0.15) is 11.9 Å². The number of nitrogens with one attached hydrogen (secondary N) is 2. The predicted molar refractivity (Wildman–Crippen MR) is 98.7 cm³/mol. The molecule has 0 radical (unpaired) electrons. The highest BCUT2D eigenvalue weighted by atomic mass is 16.5. The standard InChI is InChI=1S/C19H21N5O3/c1-11-17(19(23-27-11)26-15-4-6-20-10-15)13-5-7-24-14(8-13)9-16(22-24)21-18(25)12-2-3-12/h5,7-9,12,15,20H,2-4,6,10H2,1H3,(H,21,22,25)/t15-/m1/s1. The predicted octanol–water partition coefficient (Wildman–Crippen LogP) is 2.39. The van der Waals surface area contributed by atoms with Gasteiger partial charge in [0.25, 0.3) is 5.88 Å². The summed E-state index contributed by atoms with van der Waals surface area (Å²) < 4.78 is 13.2. The Kier molecular flexibility index (Phi) is 3.86. The van der Waals surface area contributed by atoms with Crippen LogP contribution in [0.3, 0.4) is 0 Å². The zero-order chi connectivity index (χ0) is 18.4. The molecule has 0 unspecified atom stereocenters. The monoisotopic (exact) mass is 367 g/mol. The van der Waals surface area contributed by atoms with Gasteiger partial charge < -0.3 is 19.9 Å². The van der Waals surface area contributed by atoms with Crippen LogP contribution in [0.25, 0.3) is 16.6 Å². The van der Waals surface area contributed by atoms with Crippen LogP contribution in [0, 0.1) is 12.8 Å². The van der Waals surface area contributed by atoms with Crippen molar-refractivity contribution in [2.75, 3.05) is 18.4 Å². The maximum atomic E-state index is 12.0. The molecule has 1 saturated carbocycles. The summed E-state index contributed by atoms with van der Waals surface area (Å²) in [5.41, 5.74) is 2.68. The highest BCUT2D eigenvalue weighted by Crippen LogP contribution is 2.35. The van der Waals surface area contributed by atoms with E-state index < -0.39 is 0 Å². The van der Waals surface area contributed by atoms with Crippen molar-refractivity contribution in [1.29, 1.82) is 0 Å². The number of rotatable bonds is 5. The average molecular weight is 367 g/mol. The number of hydrogen-bond donors (Lipinski definition) is 2. The fourth-order valence-corrected chi connectivity index (χ4v) is 3.43. The Morgan fingerprint density at radius 1 is 1.37 bits per heavy atom. The molecule has 1 aliphatic heterocycles. The Labute approximate surface area is 155 Å². The Bertz CT molecular complexity index is 998. The molecular weight excluding hydrogens is 346 g/mol. The summed E-state index contributed by atoms with van der Waals surface area (Å²) in [6.07, 6.45) is 4.86. The van der Waals surface area contributed by atoms with Crippen LogP contribution in [0.4, 0.5) is 5.82 Å². The van der Waals surface area contributed by atoms with E-state index in [2.05, 4.69) is 20.9 Å². The summed E-state index contributed by atoms with van der Waals surface area (Å²) in [6, 6.07) is 5.82. The zero-order valence-electron chi connectivity index (χ0n) is 15.1. The molecule has 0 spiro atoms. The molecule has 27 heavy (non-hydrogen) atoms. The van der Waals surface area contributed by atoms with Crippen LogP contribution in [0.1, 0.15) is 25.0 Å². The third-order valence-electron chi connectivity index (χ3n) is 5.08. The van der Waals surface area contributed by atoms with Crippen LogP contribution in [0.2, 0.25) is 0 Å². The largest absolute Gasteiger partial charge is 0.470 e. The van der Waals surface area contributed by atoms with Gasteiger partial charge in [-0.25, -0.2) is 4.52 Å². The van der Waals surface area contributed by atoms with Gasteiger partial charge in [-0.1, -0.05) is 0 Å². The van der Waals surface area contributed by atoms with Gasteiger partial charge in [0.15, 0.2) is 5.82 Å². The van der Waals surface area contributed by atoms with Crippen molar-refractivity contribution in [1.82, 2.24) is 20.1 Å². The van der Waals surface area contributed by atoms with Gasteiger partial charge in [0.05, 0.1) is 11.1 Å². The van der Waals surface area contributed by atoms with Crippen molar-refractivity contribution >= 4 is 17.2 Å². The third kappa shape index (κ3) is 3.16. The fourth-order valence-electron chi connectivity index (χ4n) is 3.43. The summed E-state index contributed by atoms with van der Waals surface area (Å²) in [5.74, 6) is 2.00. The lowest BCUT2D eigenvalue weighted by Crippen LogP contribution is -2.20. The normalized spacial score (nSPS) is 19.5. The summed E-state index contributed by atoms with van der Waals surface area (Å²) in [5, 5.41) is 14.7. The highest BCUT2D eigenvalue weighted by Gasteiger charge is 2.30. The molecule has 2 N–H and O–H groups in total. The summed E-state index contributed by atoms with van der Waals surface area (Å²) >= 11 is 0. The van der Waals surface area contributed by atoms with Crippen molar-refractivity contribution in [2.45, 2.75) is 32.3 Å². The molecule has 1 amide bonds. The van der Waals surface area contributed by atoms with Crippen LogP contribution in [0.15, 0.2) is 28.9 Å². The molecule has 140 valence electrons. The van der Waals surface area contributed by atoms with Gasteiger partial charge in [0.2, 0.25) is 5.91 Å². The van der Waals surface area contributed by atoms with Crippen molar-refractivity contribution in [3.05, 3.63) is 30.2 Å². The minimum atomic E-state index is 0.0503. The molecular formula is C19H21N5O3. The van der Waals surface area contributed by atoms with Gasteiger partial charge >= 0.3 is 0 Å². The Morgan fingerprint density at radius 2 is 2.26 bits per heavy atom. The minimum Gasteiger partial charge on any atom is -0.470 e. The first kappa shape index (κ1) is 16.3. The second-order valence-electron chi connectivity index (χ2n) is 7.23. The van der Waals surface area contributed by atoms with Gasteiger partial charge in [-0.15, -0.1) is 0 Å². The average Bonchev–Trinajstić information content (AvgIpc) is 3.06.